The maximum atomic E-state index is 14.1. The highest BCUT2D eigenvalue weighted by Gasteiger charge is 2.39. The molecule has 7 heteroatoms. The minimum Gasteiger partial charge on any atom is -0.305 e. The number of hydrogen-bond donors (Lipinski definition) is 0. The molecule has 0 aromatic heterocycles. The molecule has 1 aliphatic rings. The summed E-state index contributed by atoms with van der Waals surface area (Å²) in [5, 5.41) is 11.1. The van der Waals surface area contributed by atoms with Gasteiger partial charge in [0.05, 0.1) is 11.0 Å². The Morgan fingerprint density at radius 3 is 2.15 bits per heavy atom. The quantitative estimate of drug-likeness (QED) is 0.183. The predicted molar refractivity (Wildman–Crippen MR) is 157 cm³/mol. The summed E-state index contributed by atoms with van der Waals surface area (Å²) in [4.78, 5) is 42.1. The van der Waals surface area contributed by atoms with Crippen molar-refractivity contribution in [2.75, 3.05) is 9.80 Å². The molecule has 4 aromatic rings. The van der Waals surface area contributed by atoms with Gasteiger partial charge in [-0.05, 0) is 73.4 Å². The number of anilines is 2. The van der Waals surface area contributed by atoms with Crippen molar-refractivity contribution in [2.45, 2.75) is 45.2 Å². The van der Waals surface area contributed by atoms with Crippen molar-refractivity contribution in [1.82, 2.24) is 0 Å². The Morgan fingerprint density at radius 2 is 1.50 bits per heavy atom. The van der Waals surface area contributed by atoms with E-state index < -0.39 is 4.92 Å². The van der Waals surface area contributed by atoms with Crippen molar-refractivity contribution in [1.29, 1.82) is 0 Å². The Balaban J connectivity index is 1.55. The van der Waals surface area contributed by atoms with E-state index in [2.05, 4.69) is 6.92 Å². The molecule has 0 N–H and O–H groups in total. The van der Waals surface area contributed by atoms with E-state index in [4.69, 9.17) is 0 Å². The first-order valence-electron chi connectivity index (χ1n) is 13.5. The highest BCUT2D eigenvalue weighted by atomic mass is 16.6. The number of hydrogen-bond acceptors (Lipinski definition) is 4. The molecular weight excluding hydrogens is 502 g/mol. The summed E-state index contributed by atoms with van der Waals surface area (Å²) >= 11 is 0. The predicted octanol–water partition coefficient (Wildman–Crippen LogP) is 7.37. The van der Waals surface area contributed by atoms with Crippen LogP contribution in [0.3, 0.4) is 0 Å². The number of para-hydroxylation sites is 2. The first kappa shape index (κ1) is 26.8. The molecule has 4 aromatic carbocycles. The fraction of sp³-hybridized carbons (Fsp3) is 0.212. The number of carbonyl (C=O) groups excluding carboxylic acids is 2. The number of benzene rings is 4. The van der Waals surface area contributed by atoms with Crippen LogP contribution in [0.4, 0.5) is 17.1 Å². The van der Waals surface area contributed by atoms with E-state index in [1.54, 1.807) is 4.90 Å². The minimum atomic E-state index is -0.482. The minimum absolute atomic E-state index is 0.0663. The standard InChI is InChI=1S/C33H31N3O4/c1-3-9-24-14-16-25(17-15-24)33(38)35(27-10-5-4-6-11-27)31-22-23(2)34(30-13-8-7-12-29(30)31)32(37)26-18-20-28(21-19-26)36(39)40/h4-8,10-21,23,31H,3,9,22H2,1-2H3/t23-,31+/m1/s1. The number of non-ortho nitro benzene ring substituents is 1. The monoisotopic (exact) mass is 533 g/mol. The van der Waals surface area contributed by atoms with Gasteiger partial charge in [0.1, 0.15) is 0 Å². The highest BCUT2D eigenvalue weighted by Crippen LogP contribution is 2.43. The summed E-state index contributed by atoms with van der Waals surface area (Å²) in [6, 6.07) is 30.2. The molecule has 2 amide bonds. The highest BCUT2D eigenvalue weighted by molar-refractivity contribution is 6.09. The first-order chi connectivity index (χ1) is 19.4. The summed E-state index contributed by atoms with van der Waals surface area (Å²) in [7, 11) is 0. The molecule has 0 saturated carbocycles. The van der Waals surface area contributed by atoms with Gasteiger partial charge in [-0.3, -0.25) is 19.7 Å². The lowest BCUT2D eigenvalue weighted by Gasteiger charge is -2.43. The number of amides is 2. The third kappa shape index (κ3) is 5.23. The summed E-state index contributed by atoms with van der Waals surface area (Å²) in [6.45, 7) is 4.10. The van der Waals surface area contributed by atoms with Gasteiger partial charge in [-0.15, -0.1) is 0 Å². The average Bonchev–Trinajstić information content (AvgIpc) is 2.98. The maximum Gasteiger partial charge on any atom is 0.269 e. The molecule has 1 aliphatic heterocycles. The topological polar surface area (TPSA) is 83.8 Å². The van der Waals surface area contributed by atoms with Crippen LogP contribution in [0.2, 0.25) is 0 Å². The van der Waals surface area contributed by atoms with E-state index in [0.717, 1.165) is 29.8 Å². The molecule has 0 spiro atoms. The Kier molecular flexibility index (Phi) is 7.73. The summed E-state index contributed by atoms with van der Waals surface area (Å²) in [5.74, 6) is -0.339. The molecule has 5 rings (SSSR count). The van der Waals surface area contributed by atoms with E-state index >= 15 is 0 Å². The lowest BCUT2D eigenvalue weighted by atomic mass is 9.89. The van der Waals surface area contributed by atoms with Gasteiger partial charge in [-0.25, -0.2) is 0 Å². The number of aryl methyl sites for hydroxylation is 1. The molecule has 2 atom stereocenters. The molecule has 0 bridgehead atoms. The van der Waals surface area contributed by atoms with Crippen molar-refractivity contribution < 1.29 is 14.5 Å². The SMILES string of the molecule is CCCc1ccc(C(=O)N(c2ccccc2)[C@H]2C[C@@H](C)N(C(=O)c3ccc([N+](=O)[O-])cc3)c3ccccc32)cc1. The van der Waals surface area contributed by atoms with E-state index in [0.29, 0.717) is 17.5 Å². The molecule has 202 valence electrons. The Bertz CT molecular complexity index is 1520. The second-order valence-corrected chi connectivity index (χ2v) is 10.1. The normalized spacial score (nSPS) is 16.2. The molecular formula is C33H31N3O4. The van der Waals surface area contributed by atoms with Crippen LogP contribution in [0.25, 0.3) is 0 Å². The van der Waals surface area contributed by atoms with Gasteiger partial charge in [0.2, 0.25) is 0 Å². The Morgan fingerprint density at radius 1 is 0.875 bits per heavy atom. The largest absolute Gasteiger partial charge is 0.305 e. The molecule has 7 nitrogen and oxygen atoms in total. The van der Waals surface area contributed by atoms with Crippen LogP contribution in [0.5, 0.6) is 0 Å². The molecule has 0 unspecified atom stereocenters. The van der Waals surface area contributed by atoms with Crippen molar-refractivity contribution in [3.8, 4) is 0 Å². The molecule has 0 saturated heterocycles. The van der Waals surface area contributed by atoms with Gasteiger partial charge in [-0.2, -0.15) is 0 Å². The van der Waals surface area contributed by atoms with E-state index in [1.807, 2.05) is 90.7 Å². The molecule has 40 heavy (non-hydrogen) atoms. The van der Waals surface area contributed by atoms with Gasteiger partial charge in [0.25, 0.3) is 17.5 Å². The molecule has 1 heterocycles. The second-order valence-electron chi connectivity index (χ2n) is 10.1. The number of carbonyl (C=O) groups is 2. The van der Waals surface area contributed by atoms with Crippen molar-refractivity contribution in [3.05, 3.63) is 135 Å². The Hall–Kier alpha value is -4.78. The molecule has 0 fully saturated rings. The number of rotatable bonds is 7. The van der Waals surface area contributed by atoms with Gasteiger partial charge >= 0.3 is 0 Å². The zero-order valence-corrected chi connectivity index (χ0v) is 22.6. The fourth-order valence-electron chi connectivity index (χ4n) is 5.47. The van der Waals surface area contributed by atoms with Crippen molar-refractivity contribution in [2.24, 2.45) is 0 Å². The number of fused-ring (bicyclic) bond motifs is 1. The third-order valence-corrected chi connectivity index (χ3v) is 7.41. The Labute approximate surface area is 233 Å². The zero-order chi connectivity index (χ0) is 28.2. The fourth-order valence-corrected chi connectivity index (χ4v) is 5.47. The number of nitro benzene ring substituents is 1. The van der Waals surface area contributed by atoms with Gasteiger partial charge in [-0.1, -0.05) is 61.9 Å². The van der Waals surface area contributed by atoms with Crippen LogP contribution in [0.1, 0.15) is 64.6 Å². The lowest BCUT2D eigenvalue weighted by molar-refractivity contribution is -0.384. The van der Waals surface area contributed by atoms with Crippen LogP contribution in [0.15, 0.2) is 103 Å². The van der Waals surface area contributed by atoms with E-state index in [9.17, 15) is 19.7 Å². The van der Waals surface area contributed by atoms with Gasteiger partial charge in [0.15, 0.2) is 0 Å². The van der Waals surface area contributed by atoms with Crippen LogP contribution in [-0.4, -0.2) is 22.8 Å². The molecule has 0 radical (unpaired) electrons. The van der Waals surface area contributed by atoms with Crippen molar-refractivity contribution >= 4 is 28.9 Å². The summed E-state index contributed by atoms with van der Waals surface area (Å²) in [6.07, 6.45) is 2.52. The van der Waals surface area contributed by atoms with Crippen molar-refractivity contribution in [3.63, 3.8) is 0 Å². The summed E-state index contributed by atoms with van der Waals surface area (Å²) < 4.78 is 0. The smallest absolute Gasteiger partial charge is 0.269 e. The second kappa shape index (κ2) is 11.5. The number of nitrogens with zero attached hydrogens (tertiary/aromatic N) is 3. The third-order valence-electron chi connectivity index (χ3n) is 7.41. The number of nitro groups is 1. The van der Waals surface area contributed by atoms with Crippen LogP contribution in [-0.2, 0) is 6.42 Å². The zero-order valence-electron chi connectivity index (χ0n) is 22.6. The first-order valence-corrected chi connectivity index (χ1v) is 13.5. The van der Waals surface area contributed by atoms with Crippen LogP contribution >= 0.6 is 0 Å². The summed E-state index contributed by atoms with van der Waals surface area (Å²) in [5.41, 5.74) is 4.49. The lowest BCUT2D eigenvalue weighted by Crippen LogP contribution is -2.47. The van der Waals surface area contributed by atoms with Gasteiger partial charge in [0, 0.05) is 40.7 Å². The van der Waals surface area contributed by atoms with Gasteiger partial charge < -0.3 is 9.80 Å². The van der Waals surface area contributed by atoms with E-state index in [-0.39, 0.29) is 29.6 Å². The molecule has 0 aliphatic carbocycles. The van der Waals surface area contributed by atoms with Crippen LogP contribution < -0.4 is 9.80 Å². The maximum absolute atomic E-state index is 14.1. The van der Waals surface area contributed by atoms with E-state index in [1.165, 1.54) is 29.8 Å². The average molecular weight is 534 g/mol. The van der Waals surface area contributed by atoms with Crippen LogP contribution in [0, 0.1) is 10.1 Å².